The Balaban J connectivity index is 1.37. The molecule has 0 saturated carbocycles. The number of hydrogen-bond acceptors (Lipinski definition) is 2. The molecule has 1 amide bonds. The molecule has 1 saturated heterocycles. The Morgan fingerprint density at radius 1 is 1.11 bits per heavy atom. The minimum Gasteiger partial charge on any atom is -0.356 e. The van der Waals surface area contributed by atoms with Gasteiger partial charge in [0.05, 0.1) is 0 Å². The number of benzene rings is 2. The van der Waals surface area contributed by atoms with Crippen LogP contribution in [0.15, 0.2) is 42.5 Å². The number of amides is 1. The van der Waals surface area contributed by atoms with E-state index in [4.69, 9.17) is 11.6 Å². The first-order valence-electron chi connectivity index (χ1n) is 9.70. The summed E-state index contributed by atoms with van der Waals surface area (Å²) in [4.78, 5) is 14.5. The van der Waals surface area contributed by atoms with Gasteiger partial charge in [-0.2, -0.15) is 0 Å². The lowest BCUT2D eigenvalue weighted by Crippen LogP contribution is -2.40. The van der Waals surface area contributed by atoms with Crippen LogP contribution in [0.3, 0.4) is 0 Å². The fourth-order valence-corrected chi connectivity index (χ4v) is 3.78. The van der Waals surface area contributed by atoms with Crippen LogP contribution in [-0.4, -0.2) is 30.4 Å². The average Bonchev–Trinajstić information content (AvgIpc) is 2.70. The maximum absolute atomic E-state index is 13.9. The van der Waals surface area contributed by atoms with Crippen LogP contribution in [0.25, 0.3) is 0 Å². The summed E-state index contributed by atoms with van der Waals surface area (Å²) < 4.78 is 26.8. The highest BCUT2D eigenvalue weighted by molar-refractivity contribution is 6.31. The van der Waals surface area contributed by atoms with Gasteiger partial charge in [0.2, 0.25) is 5.91 Å². The van der Waals surface area contributed by atoms with E-state index >= 15 is 0 Å². The van der Waals surface area contributed by atoms with E-state index in [2.05, 4.69) is 10.2 Å². The van der Waals surface area contributed by atoms with Gasteiger partial charge in [-0.25, -0.2) is 8.78 Å². The van der Waals surface area contributed by atoms with Gasteiger partial charge in [0.25, 0.3) is 0 Å². The molecule has 150 valence electrons. The molecule has 1 aliphatic heterocycles. The summed E-state index contributed by atoms with van der Waals surface area (Å²) in [7, 11) is 0. The largest absolute Gasteiger partial charge is 0.356 e. The molecule has 2 aromatic carbocycles. The van der Waals surface area contributed by atoms with Crippen LogP contribution < -0.4 is 5.32 Å². The van der Waals surface area contributed by atoms with Crippen LogP contribution in [0.1, 0.15) is 30.4 Å². The number of piperidine rings is 1. The van der Waals surface area contributed by atoms with E-state index in [1.165, 1.54) is 18.2 Å². The Kier molecular flexibility index (Phi) is 7.40. The van der Waals surface area contributed by atoms with Crippen LogP contribution >= 0.6 is 11.6 Å². The number of nitrogens with one attached hydrogen (secondary N) is 1. The molecule has 2 aromatic rings. The molecule has 28 heavy (non-hydrogen) atoms. The SMILES string of the molecule is O=C(NCCCc1ccc(F)cc1)C1CCN(Cc2c(F)cccc2Cl)CC1. The van der Waals surface area contributed by atoms with Crippen molar-refractivity contribution in [2.45, 2.75) is 32.2 Å². The van der Waals surface area contributed by atoms with Crippen LogP contribution in [0, 0.1) is 17.6 Å². The first-order valence-corrected chi connectivity index (χ1v) is 10.1. The molecule has 6 heteroatoms. The molecule has 3 rings (SSSR count). The number of halogens is 3. The number of aryl methyl sites for hydroxylation is 1. The molecular formula is C22H25ClF2N2O. The van der Waals surface area contributed by atoms with Crippen molar-refractivity contribution in [3.8, 4) is 0 Å². The van der Waals surface area contributed by atoms with Crippen LogP contribution in [0.2, 0.25) is 5.02 Å². The molecule has 0 radical (unpaired) electrons. The standard InChI is InChI=1S/C22H25ClF2N2O/c23-20-4-1-5-21(25)19(20)15-27-13-10-17(11-14-27)22(28)26-12-2-3-16-6-8-18(24)9-7-16/h1,4-9,17H,2-3,10-15H2,(H,26,28). The molecular weight excluding hydrogens is 382 g/mol. The van der Waals surface area contributed by atoms with E-state index in [1.807, 2.05) is 0 Å². The molecule has 1 N–H and O–H groups in total. The van der Waals surface area contributed by atoms with Gasteiger partial charge < -0.3 is 5.32 Å². The molecule has 0 aliphatic carbocycles. The number of rotatable bonds is 7. The Labute approximate surface area is 169 Å². The van der Waals surface area contributed by atoms with Crippen molar-refractivity contribution >= 4 is 17.5 Å². The van der Waals surface area contributed by atoms with Gasteiger partial charge in [-0.1, -0.05) is 29.8 Å². The third kappa shape index (κ3) is 5.76. The van der Waals surface area contributed by atoms with Crippen LogP contribution in [-0.2, 0) is 17.8 Å². The molecule has 0 aromatic heterocycles. The second-order valence-corrected chi connectivity index (χ2v) is 7.68. The highest BCUT2D eigenvalue weighted by atomic mass is 35.5. The zero-order valence-corrected chi connectivity index (χ0v) is 16.5. The van der Waals surface area contributed by atoms with Gasteiger partial charge in [0, 0.05) is 29.6 Å². The summed E-state index contributed by atoms with van der Waals surface area (Å²) in [6.45, 7) is 2.58. The van der Waals surface area contributed by atoms with Gasteiger partial charge in [-0.3, -0.25) is 9.69 Å². The van der Waals surface area contributed by atoms with Gasteiger partial charge >= 0.3 is 0 Å². The Bertz CT molecular complexity index is 769. The normalized spacial score (nSPS) is 15.5. The first-order chi connectivity index (χ1) is 13.5. The van der Waals surface area contributed by atoms with Gasteiger partial charge in [0.1, 0.15) is 11.6 Å². The minimum atomic E-state index is -0.284. The van der Waals surface area contributed by atoms with E-state index in [9.17, 15) is 13.6 Å². The second-order valence-electron chi connectivity index (χ2n) is 7.27. The van der Waals surface area contributed by atoms with Gasteiger partial charge in [0.15, 0.2) is 0 Å². The fourth-order valence-electron chi connectivity index (χ4n) is 3.56. The smallest absolute Gasteiger partial charge is 0.223 e. The Morgan fingerprint density at radius 2 is 1.82 bits per heavy atom. The lowest BCUT2D eigenvalue weighted by atomic mass is 9.95. The maximum Gasteiger partial charge on any atom is 0.223 e. The number of likely N-dealkylation sites (tertiary alicyclic amines) is 1. The molecule has 0 spiro atoms. The zero-order chi connectivity index (χ0) is 19.9. The van der Waals surface area contributed by atoms with E-state index in [-0.39, 0.29) is 23.5 Å². The lowest BCUT2D eigenvalue weighted by molar-refractivity contribution is -0.126. The van der Waals surface area contributed by atoms with Gasteiger partial charge in [-0.05, 0) is 68.6 Å². The van der Waals surface area contributed by atoms with Crippen molar-refractivity contribution in [2.75, 3.05) is 19.6 Å². The van der Waals surface area contributed by atoms with Crippen molar-refractivity contribution in [3.05, 3.63) is 70.2 Å². The predicted octanol–water partition coefficient (Wildman–Crippen LogP) is 4.58. The quantitative estimate of drug-likeness (QED) is 0.682. The number of carbonyl (C=O) groups is 1. The number of carbonyl (C=O) groups excluding carboxylic acids is 1. The van der Waals surface area contributed by atoms with E-state index < -0.39 is 0 Å². The molecule has 0 unspecified atom stereocenters. The lowest BCUT2D eigenvalue weighted by Gasteiger charge is -2.31. The molecule has 0 bridgehead atoms. The maximum atomic E-state index is 13.9. The Morgan fingerprint density at radius 3 is 2.50 bits per heavy atom. The minimum absolute atomic E-state index is 0.00170. The van der Waals surface area contributed by atoms with E-state index in [1.54, 1.807) is 24.3 Å². The molecule has 1 aliphatic rings. The summed E-state index contributed by atoms with van der Waals surface area (Å²) in [5, 5.41) is 3.45. The molecule has 1 fully saturated rings. The summed E-state index contributed by atoms with van der Waals surface area (Å²) >= 11 is 6.10. The predicted molar refractivity (Wildman–Crippen MR) is 107 cm³/mol. The van der Waals surface area contributed by atoms with Gasteiger partial charge in [-0.15, -0.1) is 0 Å². The molecule has 0 atom stereocenters. The van der Waals surface area contributed by atoms with Crippen LogP contribution in [0.5, 0.6) is 0 Å². The van der Waals surface area contributed by atoms with Crippen molar-refractivity contribution < 1.29 is 13.6 Å². The summed E-state index contributed by atoms with van der Waals surface area (Å²) in [5.74, 6) is -0.435. The summed E-state index contributed by atoms with van der Waals surface area (Å²) in [6, 6.07) is 11.2. The highest BCUT2D eigenvalue weighted by Crippen LogP contribution is 2.24. The average molecular weight is 407 g/mol. The zero-order valence-electron chi connectivity index (χ0n) is 15.8. The first kappa shape index (κ1) is 20.7. The topological polar surface area (TPSA) is 32.3 Å². The van der Waals surface area contributed by atoms with E-state index in [0.29, 0.717) is 23.7 Å². The van der Waals surface area contributed by atoms with Crippen molar-refractivity contribution in [1.29, 1.82) is 0 Å². The van der Waals surface area contributed by atoms with Crippen molar-refractivity contribution in [2.24, 2.45) is 5.92 Å². The van der Waals surface area contributed by atoms with Crippen LogP contribution in [0.4, 0.5) is 8.78 Å². The van der Waals surface area contributed by atoms with Crippen molar-refractivity contribution in [1.82, 2.24) is 10.2 Å². The third-order valence-corrected chi connectivity index (χ3v) is 5.61. The number of hydrogen-bond donors (Lipinski definition) is 1. The third-order valence-electron chi connectivity index (χ3n) is 5.26. The highest BCUT2D eigenvalue weighted by Gasteiger charge is 2.25. The fraction of sp³-hybridized carbons (Fsp3) is 0.409. The number of nitrogens with zero attached hydrogens (tertiary/aromatic N) is 1. The summed E-state index contributed by atoms with van der Waals surface area (Å²) in [5.41, 5.74) is 1.59. The van der Waals surface area contributed by atoms with Crippen molar-refractivity contribution in [3.63, 3.8) is 0 Å². The monoisotopic (exact) mass is 406 g/mol. The summed E-state index contributed by atoms with van der Waals surface area (Å²) in [6.07, 6.45) is 3.15. The Hall–Kier alpha value is -1.98. The molecule has 3 nitrogen and oxygen atoms in total. The van der Waals surface area contributed by atoms with E-state index in [0.717, 1.165) is 44.3 Å². The second kappa shape index (κ2) is 9.99. The molecule has 1 heterocycles.